The van der Waals surface area contributed by atoms with E-state index in [-0.39, 0.29) is 11.6 Å². The smallest absolute Gasteiger partial charge is 0.261 e. The summed E-state index contributed by atoms with van der Waals surface area (Å²) in [6.07, 6.45) is -3.34. The zero-order chi connectivity index (χ0) is 29.3. The van der Waals surface area contributed by atoms with Crippen LogP contribution in [0, 0.1) is 0 Å². The quantitative estimate of drug-likeness (QED) is 0.358. The summed E-state index contributed by atoms with van der Waals surface area (Å²) in [6.45, 7) is 10.7. The van der Waals surface area contributed by atoms with Crippen LogP contribution in [0.1, 0.15) is 40.2 Å². The average Bonchev–Trinajstić information content (AvgIpc) is 3.44. The molecule has 0 aliphatic carbocycles. The largest absolute Gasteiger partial charge is 0.497 e. The van der Waals surface area contributed by atoms with E-state index in [4.69, 9.17) is 28.1 Å². The number of hydrogen-bond acceptors (Lipinski definition) is 7. The molecule has 3 aromatic rings. The van der Waals surface area contributed by atoms with Crippen LogP contribution in [0.25, 0.3) is 0 Å². The number of hydrogen-bond donors (Lipinski definition) is 1. The Hall–Kier alpha value is -2.56. The first kappa shape index (κ1) is 29.9. The molecule has 2 fully saturated rings. The first-order valence-corrected chi connectivity index (χ1v) is 16.1. The molecule has 0 spiro atoms. The molecule has 0 aromatic heterocycles. The minimum absolute atomic E-state index is 0.0726. The molecule has 0 bridgehead atoms. The van der Waals surface area contributed by atoms with E-state index in [1.54, 1.807) is 7.11 Å². The van der Waals surface area contributed by atoms with Gasteiger partial charge in [-0.25, -0.2) is 0 Å². The third-order valence-corrected chi connectivity index (χ3v) is 12.9. The minimum atomic E-state index is -2.85. The Morgan fingerprint density at radius 1 is 0.878 bits per heavy atom. The van der Waals surface area contributed by atoms with E-state index < -0.39 is 44.8 Å². The van der Waals surface area contributed by atoms with Gasteiger partial charge in [-0.05, 0) is 47.0 Å². The maximum atomic E-state index is 11.7. The van der Waals surface area contributed by atoms with E-state index in [2.05, 4.69) is 45.0 Å². The molecular weight excluding hydrogens is 536 g/mol. The van der Waals surface area contributed by atoms with Gasteiger partial charge in [-0.1, -0.05) is 93.6 Å². The molecule has 0 saturated carbocycles. The molecule has 2 heterocycles. The highest BCUT2D eigenvalue weighted by molar-refractivity contribution is 6.99. The second kappa shape index (κ2) is 12.0. The van der Waals surface area contributed by atoms with Crippen LogP contribution < -0.4 is 15.1 Å². The number of methoxy groups -OCH3 is 1. The van der Waals surface area contributed by atoms with Gasteiger partial charge in [0.25, 0.3) is 8.32 Å². The van der Waals surface area contributed by atoms with Gasteiger partial charge in [0, 0.05) is 0 Å². The van der Waals surface area contributed by atoms with Gasteiger partial charge in [-0.15, -0.1) is 0 Å². The molecule has 0 amide bonds. The lowest BCUT2D eigenvalue weighted by Gasteiger charge is -2.43. The molecule has 2 aliphatic rings. The van der Waals surface area contributed by atoms with Gasteiger partial charge in [-0.3, -0.25) is 0 Å². The maximum absolute atomic E-state index is 11.7. The van der Waals surface area contributed by atoms with Crippen molar-refractivity contribution in [3.05, 3.63) is 90.5 Å². The Balaban J connectivity index is 1.40. The second-order valence-electron chi connectivity index (χ2n) is 12.2. The summed E-state index contributed by atoms with van der Waals surface area (Å²) in [7, 11) is -1.21. The highest BCUT2D eigenvalue weighted by Crippen LogP contribution is 2.41. The summed E-state index contributed by atoms with van der Waals surface area (Å²) in [5.41, 5.74) is 0.976. The van der Waals surface area contributed by atoms with Crippen LogP contribution in [-0.2, 0) is 30.0 Å². The van der Waals surface area contributed by atoms with E-state index in [1.807, 2.05) is 74.5 Å². The van der Waals surface area contributed by atoms with Gasteiger partial charge in [0.2, 0.25) is 0 Å². The van der Waals surface area contributed by atoms with E-state index in [1.165, 1.54) is 0 Å². The molecule has 3 aromatic carbocycles. The molecule has 2 aliphatic heterocycles. The summed E-state index contributed by atoms with van der Waals surface area (Å²) >= 11 is 0. The van der Waals surface area contributed by atoms with Crippen molar-refractivity contribution in [3.8, 4) is 5.75 Å². The van der Waals surface area contributed by atoms with Gasteiger partial charge in [0.05, 0.1) is 20.3 Å². The SMILES string of the molecule is COc1ccc(CO[C@H]2[C@H]3OC(C)(C)O[C@H]3O[C@@H]2[C@H](O)CO[Si](c2ccccc2)(c2ccccc2)C(C)(C)C)cc1. The lowest BCUT2D eigenvalue weighted by Crippen LogP contribution is -2.67. The van der Waals surface area contributed by atoms with Crippen molar-refractivity contribution in [2.45, 2.75) is 82.8 Å². The number of aliphatic hydroxyl groups is 1. The Kier molecular flexibility index (Phi) is 8.73. The summed E-state index contributed by atoms with van der Waals surface area (Å²) in [4.78, 5) is 0. The average molecular weight is 579 g/mol. The molecule has 5 atom stereocenters. The molecule has 0 unspecified atom stereocenters. The summed E-state index contributed by atoms with van der Waals surface area (Å²) < 4.78 is 37.2. The molecule has 41 heavy (non-hydrogen) atoms. The fraction of sp³-hybridized carbons (Fsp3) is 0.455. The predicted octanol–water partition coefficient (Wildman–Crippen LogP) is 4.39. The molecule has 7 nitrogen and oxygen atoms in total. The molecule has 0 radical (unpaired) electrons. The zero-order valence-electron chi connectivity index (χ0n) is 24.8. The molecule has 8 heteroatoms. The maximum Gasteiger partial charge on any atom is 0.261 e. The zero-order valence-corrected chi connectivity index (χ0v) is 25.8. The van der Waals surface area contributed by atoms with Crippen LogP contribution in [0.2, 0.25) is 5.04 Å². The summed E-state index contributed by atoms with van der Waals surface area (Å²) in [5.74, 6) is -0.0284. The number of fused-ring (bicyclic) bond motifs is 1. The van der Waals surface area contributed by atoms with Crippen molar-refractivity contribution in [2.75, 3.05) is 13.7 Å². The lowest BCUT2D eigenvalue weighted by molar-refractivity contribution is -0.231. The van der Waals surface area contributed by atoms with Gasteiger partial charge in [0.1, 0.15) is 30.2 Å². The second-order valence-corrected chi connectivity index (χ2v) is 16.5. The molecule has 5 rings (SSSR count). The van der Waals surface area contributed by atoms with Crippen molar-refractivity contribution >= 4 is 18.7 Å². The normalized spacial score (nSPS) is 24.7. The van der Waals surface area contributed by atoms with Crippen molar-refractivity contribution in [1.29, 1.82) is 0 Å². The van der Waals surface area contributed by atoms with Gasteiger partial charge in [-0.2, -0.15) is 0 Å². The monoisotopic (exact) mass is 578 g/mol. The van der Waals surface area contributed by atoms with Crippen molar-refractivity contribution in [1.82, 2.24) is 0 Å². The number of aliphatic hydroxyl groups excluding tert-OH is 1. The molecule has 2 saturated heterocycles. The molecule has 220 valence electrons. The van der Waals surface area contributed by atoms with Crippen LogP contribution in [0.3, 0.4) is 0 Å². The van der Waals surface area contributed by atoms with Crippen molar-refractivity contribution < 1.29 is 33.2 Å². The summed E-state index contributed by atoms with van der Waals surface area (Å²) in [5, 5.41) is 13.7. The van der Waals surface area contributed by atoms with E-state index >= 15 is 0 Å². The van der Waals surface area contributed by atoms with Gasteiger partial charge < -0.3 is 33.2 Å². The van der Waals surface area contributed by atoms with Crippen LogP contribution >= 0.6 is 0 Å². The van der Waals surface area contributed by atoms with Crippen LogP contribution in [0.5, 0.6) is 5.75 Å². The Morgan fingerprint density at radius 2 is 1.46 bits per heavy atom. The first-order chi connectivity index (χ1) is 19.5. The number of rotatable bonds is 10. The van der Waals surface area contributed by atoms with E-state index in [0.29, 0.717) is 6.61 Å². The first-order valence-electron chi connectivity index (χ1n) is 14.2. The molecule has 1 N–H and O–H groups in total. The summed E-state index contributed by atoms with van der Waals surface area (Å²) in [6, 6.07) is 28.5. The van der Waals surface area contributed by atoms with Crippen molar-refractivity contribution in [2.24, 2.45) is 0 Å². The van der Waals surface area contributed by atoms with Crippen molar-refractivity contribution in [3.63, 3.8) is 0 Å². The minimum Gasteiger partial charge on any atom is -0.497 e. The molecular formula is C33H42O7Si. The van der Waals surface area contributed by atoms with E-state index in [0.717, 1.165) is 21.7 Å². The van der Waals surface area contributed by atoms with Crippen LogP contribution in [0.4, 0.5) is 0 Å². The third-order valence-electron chi connectivity index (χ3n) is 7.90. The van der Waals surface area contributed by atoms with Crippen LogP contribution in [-0.4, -0.2) is 63.6 Å². The topological polar surface area (TPSA) is 75.6 Å². The van der Waals surface area contributed by atoms with Gasteiger partial charge in [0.15, 0.2) is 12.1 Å². The Bertz CT molecular complexity index is 1220. The number of benzene rings is 3. The number of ether oxygens (including phenoxy) is 5. The van der Waals surface area contributed by atoms with E-state index in [9.17, 15) is 5.11 Å². The fourth-order valence-electron chi connectivity index (χ4n) is 5.98. The van der Waals surface area contributed by atoms with Crippen LogP contribution in [0.15, 0.2) is 84.9 Å². The highest BCUT2D eigenvalue weighted by atomic mass is 28.4. The highest BCUT2D eigenvalue weighted by Gasteiger charge is 2.58. The lowest BCUT2D eigenvalue weighted by atomic mass is 10.1. The van der Waals surface area contributed by atoms with Gasteiger partial charge >= 0.3 is 0 Å². The standard InChI is InChI=1S/C33H42O7Si/c1-32(2,3)41(25-13-9-7-10-14-25,26-15-11-8-12-16-26)37-22-27(34)28-29(30-31(38-28)40-33(4,5)39-30)36-21-23-17-19-24(35-6)20-18-23/h7-20,27-31,34H,21-22H2,1-6H3/t27-,28-,29-,30-,31-/m1/s1. The Morgan fingerprint density at radius 3 is 2.00 bits per heavy atom. The predicted molar refractivity (Wildman–Crippen MR) is 160 cm³/mol. The Labute approximate surface area is 244 Å². The fourth-order valence-corrected chi connectivity index (χ4v) is 10.6. The third kappa shape index (κ3) is 6.15.